The van der Waals surface area contributed by atoms with E-state index in [0.29, 0.717) is 23.4 Å². The van der Waals surface area contributed by atoms with Crippen LogP contribution in [0.25, 0.3) is 4.91 Å². The van der Waals surface area contributed by atoms with Crippen molar-refractivity contribution in [3.05, 3.63) is 48.3 Å². The molecule has 2 heterocycles. The molecule has 1 saturated carbocycles. The Balaban J connectivity index is 1.64. The van der Waals surface area contributed by atoms with Gasteiger partial charge in [-0.2, -0.15) is 0 Å². The third kappa shape index (κ3) is 11.0. The van der Waals surface area contributed by atoms with Crippen LogP contribution in [0.15, 0.2) is 41.9 Å². The first-order chi connectivity index (χ1) is 18.6. The number of hydrogen-bond acceptors (Lipinski definition) is 10. The fourth-order valence-corrected chi connectivity index (χ4v) is 4.90. The minimum Gasteiger partial charge on any atom is -0.477 e. The first-order valence-electron chi connectivity index (χ1n) is 13.2. The number of anilines is 1. The molecule has 38 heavy (non-hydrogen) atoms. The van der Waals surface area contributed by atoms with Crippen LogP contribution in [-0.2, 0) is 4.79 Å². The maximum Gasteiger partial charge on any atom is 0.262 e. The number of carbonyl (C=O) groups excluding carboxylic acids is 1. The van der Waals surface area contributed by atoms with E-state index in [0.717, 1.165) is 54.9 Å². The monoisotopic (exact) mass is 557 g/mol. The molecule has 0 aromatic carbocycles. The summed E-state index contributed by atoms with van der Waals surface area (Å²) >= 11 is 3.24. The van der Waals surface area contributed by atoms with Crippen LogP contribution in [0.5, 0.6) is 5.88 Å². The maximum absolute atomic E-state index is 12.9. The van der Waals surface area contributed by atoms with Crippen molar-refractivity contribution in [1.29, 1.82) is 0 Å². The number of unbranched alkanes of at least 4 members (excludes halogenated alkanes) is 3. The first kappa shape index (κ1) is 29.9. The summed E-state index contributed by atoms with van der Waals surface area (Å²) < 4.78 is 8.87. The number of pyridine rings is 1. The largest absolute Gasteiger partial charge is 0.477 e. The van der Waals surface area contributed by atoms with Gasteiger partial charge in [-0.25, -0.2) is 4.98 Å². The number of nitrogens with one attached hydrogen (secondary N) is 3. The second-order valence-electron chi connectivity index (χ2n) is 8.91. The molecule has 206 valence electrons. The molecular formula is C27H39N7O2S2. The van der Waals surface area contributed by atoms with Gasteiger partial charge in [0.25, 0.3) is 5.91 Å². The zero-order valence-corrected chi connectivity index (χ0v) is 24.1. The van der Waals surface area contributed by atoms with Gasteiger partial charge in [0, 0.05) is 23.3 Å². The van der Waals surface area contributed by atoms with Crippen LogP contribution < -0.4 is 20.1 Å². The van der Waals surface area contributed by atoms with Crippen LogP contribution in [0.2, 0.25) is 0 Å². The van der Waals surface area contributed by atoms with Crippen LogP contribution in [0.1, 0.15) is 69.3 Å². The minimum absolute atomic E-state index is 0.191. The number of hydrogen-bond donors (Lipinski definition) is 3. The summed E-state index contributed by atoms with van der Waals surface area (Å²) in [6.07, 6.45) is 17.7. The van der Waals surface area contributed by atoms with Crippen molar-refractivity contribution >= 4 is 46.4 Å². The molecule has 2 aromatic rings. The van der Waals surface area contributed by atoms with Crippen molar-refractivity contribution in [3.63, 3.8) is 0 Å². The number of aromatic nitrogens is 3. The summed E-state index contributed by atoms with van der Waals surface area (Å²) in [6.45, 7) is 3.44. The number of rotatable bonds is 18. The van der Waals surface area contributed by atoms with Gasteiger partial charge in [0.2, 0.25) is 5.88 Å². The van der Waals surface area contributed by atoms with E-state index in [1.54, 1.807) is 36.7 Å². The van der Waals surface area contributed by atoms with E-state index in [1.165, 1.54) is 30.8 Å². The molecule has 0 aliphatic heterocycles. The van der Waals surface area contributed by atoms with E-state index in [9.17, 15) is 4.79 Å². The van der Waals surface area contributed by atoms with Gasteiger partial charge in [-0.15, -0.1) is 11.8 Å². The van der Waals surface area contributed by atoms with Crippen molar-refractivity contribution in [3.8, 4) is 5.88 Å². The highest BCUT2D eigenvalue weighted by atomic mass is 32.2. The molecule has 3 N–H and O–H groups in total. The third-order valence-corrected chi connectivity index (χ3v) is 7.67. The number of nitrogens with zero attached hydrogens (tertiary/aromatic N) is 4. The Bertz CT molecular complexity index is 1060. The van der Waals surface area contributed by atoms with E-state index in [2.05, 4.69) is 35.3 Å². The number of amides is 1. The molecule has 0 spiro atoms. The Labute approximate surface area is 234 Å². The highest BCUT2D eigenvalue weighted by molar-refractivity contribution is 8.07. The lowest BCUT2D eigenvalue weighted by Gasteiger charge is -2.18. The van der Waals surface area contributed by atoms with Gasteiger partial charge in [-0.3, -0.25) is 19.8 Å². The molecule has 1 amide bonds. The fraction of sp³-hybridized carbons (Fsp3) is 0.519. The van der Waals surface area contributed by atoms with E-state index < -0.39 is 0 Å². The standard InChI is InChI=1S/C27H39N7O2S2/c1-4-36-27-19-29-16-24(33-27)25(37-3)17-30-18-26(35)32-22(9-7-5-6-8-13-28-2)23-15-20(12-14-31-23)34-38-21-10-11-21/h12,14-19,21-22,28H,4-11,13H2,1-3H3,(H,31,34)(H,32,35)/b25-17-,30-18?. The molecule has 1 aliphatic rings. The van der Waals surface area contributed by atoms with Crippen LogP contribution in [-0.4, -0.2) is 58.8 Å². The predicted molar refractivity (Wildman–Crippen MR) is 160 cm³/mol. The number of aliphatic imine (C=N–C) groups is 1. The van der Waals surface area contributed by atoms with Crippen molar-refractivity contribution in [2.75, 3.05) is 31.2 Å². The molecule has 1 aliphatic carbocycles. The van der Waals surface area contributed by atoms with Crippen molar-refractivity contribution in [1.82, 2.24) is 25.6 Å². The molecule has 3 rings (SSSR count). The van der Waals surface area contributed by atoms with Crippen LogP contribution in [0, 0.1) is 0 Å². The van der Waals surface area contributed by atoms with Crippen LogP contribution >= 0.6 is 23.7 Å². The van der Waals surface area contributed by atoms with Crippen LogP contribution in [0.4, 0.5) is 5.69 Å². The summed E-state index contributed by atoms with van der Waals surface area (Å²) in [6, 6.07) is 3.81. The van der Waals surface area contributed by atoms with Crippen molar-refractivity contribution in [2.45, 2.75) is 63.2 Å². The third-order valence-electron chi connectivity index (χ3n) is 5.75. The second-order valence-corrected chi connectivity index (χ2v) is 10.9. The highest BCUT2D eigenvalue weighted by Gasteiger charge is 2.22. The van der Waals surface area contributed by atoms with Gasteiger partial charge >= 0.3 is 0 Å². The van der Waals surface area contributed by atoms with Crippen LogP contribution in [0.3, 0.4) is 0 Å². The van der Waals surface area contributed by atoms with Gasteiger partial charge in [0.1, 0.15) is 5.69 Å². The zero-order chi connectivity index (χ0) is 27.0. The minimum atomic E-state index is -0.261. The summed E-state index contributed by atoms with van der Waals surface area (Å²) in [5.41, 5.74) is 2.51. The molecule has 1 unspecified atom stereocenters. The Kier molecular flexibility index (Phi) is 13.4. The average Bonchev–Trinajstić information content (AvgIpc) is 3.76. The lowest BCUT2D eigenvalue weighted by atomic mass is 10.0. The topological polar surface area (TPSA) is 113 Å². The lowest BCUT2D eigenvalue weighted by molar-refractivity contribution is -0.115. The van der Waals surface area contributed by atoms with E-state index in [1.807, 2.05) is 32.4 Å². The Morgan fingerprint density at radius 2 is 2.11 bits per heavy atom. The quantitative estimate of drug-likeness (QED) is 0.128. The predicted octanol–water partition coefficient (Wildman–Crippen LogP) is 5.25. The summed E-state index contributed by atoms with van der Waals surface area (Å²) in [7, 11) is 1.98. The summed E-state index contributed by atoms with van der Waals surface area (Å²) in [5.74, 6) is 0.198. The molecular weight excluding hydrogens is 518 g/mol. The van der Waals surface area contributed by atoms with Crippen molar-refractivity contribution < 1.29 is 9.53 Å². The summed E-state index contributed by atoms with van der Waals surface area (Å²) in [5, 5.41) is 7.00. The fourth-order valence-electron chi connectivity index (χ4n) is 3.63. The smallest absolute Gasteiger partial charge is 0.262 e. The van der Waals surface area contributed by atoms with E-state index in [4.69, 9.17) is 4.74 Å². The van der Waals surface area contributed by atoms with Gasteiger partial charge in [-0.1, -0.05) is 19.3 Å². The highest BCUT2D eigenvalue weighted by Crippen LogP contribution is 2.34. The zero-order valence-electron chi connectivity index (χ0n) is 22.5. The average molecular weight is 558 g/mol. The Morgan fingerprint density at radius 3 is 2.87 bits per heavy atom. The molecule has 0 bridgehead atoms. The van der Waals surface area contributed by atoms with Crippen molar-refractivity contribution in [2.24, 2.45) is 4.99 Å². The Morgan fingerprint density at radius 1 is 1.26 bits per heavy atom. The van der Waals surface area contributed by atoms with Gasteiger partial charge < -0.3 is 20.1 Å². The normalized spacial score (nSPS) is 14.4. The number of thioether (sulfide) groups is 1. The van der Waals surface area contributed by atoms with Gasteiger partial charge in [0.05, 0.1) is 41.9 Å². The lowest BCUT2D eigenvalue weighted by Crippen LogP contribution is -2.30. The molecule has 1 atom stereocenters. The second kappa shape index (κ2) is 17.1. The molecule has 1 fully saturated rings. The molecule has 2 aromatic heterocycles. The maximum atomic E-state index is 12.9. The molecule has 0 radical (unpaired) electrons. The number of carbonyl (C=O) groups is 1. The molecule has 11 heteroatoms. The summed E-state index contributed by atoms with van der Waals surface area (Å²) in [4.78, 5) is 31.1. The SMILES string of the molecule is CCOc1cncc(/C(=C/N=CC(=O)NC(CCCCCCNC)c2cc(NSC3CC3)ccn2)SC)n1. The Hall–Kier alpha value is -2.63. The van der Waals surface area contributed by atoms with Gasteiger partial charge in [-0.05, 0) is 76.5 Å². The molecule has 0 saturated heterocycles. The van der Waals surface area contributed by atoms with E-state index in [-0.39, 0.29) is 11.9 Å². The van der Waals surface area contributed by atoms with Gasteiger partial charge in [0.15, 0.2) is 0 Å². The first-order valence-corrected chi connectivity index (χ1v) is 15.3. The number of ether oxygens (including phenoxy) is 1. The molecule has 9 nitrogen and oxygen atoms in total. The van der Waals surface area contributed by atoms with E-state index >= 15 is 0 Å².